The Hall–Kier alpha value is -1.79. The van der Waals surface area contributed by atoms with E-state index >= 15 is 0 Å². The second-order valence-corrected chi connectivity index (χ2v) is 5.53. The number of amides is 1. The summed E-state index contributed by atoms with van der Waals surface area (Å²) >= 11 is 0. The summed E-state index contributed by atoms with van der Waals surface area (Å²) in [5.41, 5.74) is 5.69. The van der Waals surface area contributed by atoms with Crippen LogP contribution in [0.2, 0.25) is 0 Å². The second-order valence-electron chi connectivity index (χ2n) is 5.53. The second kappa shape index (κ2) is 9.27. The van der Waals surface area contributed by atoms with Crippen LogP contribution in [0.25, 0.3) is 0 Å². The molecule has 0 aliphatic heterocycles. The van der Waals surface area contributed by atoms with Gasteiger partial charge in [0, 0.05) is 6.54 Å². The molecule has 0 aromatic heterocycles. The van der Waals surface area contributed by atoms with Crippen LogP contribution in [-0.2, 0) is 20.9 Å². The van der Waals surface area contributed by atoms with Crippen molar-refractivity contribution in [3.8, 4) is 0 Å². The average molecular weight is 331 g/mol. The molecule has 0 radical (unpaired) electrons. The molecule has 7 heteroatoms. The van der Waals surface area contributed by atoms with Crippen LogP contribution in [0.3, 0.4) is 0 Å². The highest BCUT2D eigenvalue weighted by atomic mass is 35.5. The first-order valence-electron chi connectivity index (χ1n) is 6.72. The zero-order chi connectivity index (χ0) is 15.9. The summed E-state index contributed by atoms with van der Waals surface area (Å²) in [6.07, 6.45) is -0.708. The molecule has 0 spiro atoms. The van der Waals surface area contributed by atoms with Crippen LogP contribution >= 0.6 is 12.4 Å². The molecule has 0 fully saturated rings. The van der Waals surface area contributed by atoms with Gasteiger partial charge in [0.15, 0.2) is 0 Å². The maximum Gasteiger partial charge on any atom is 0.408 e. The largest absolute Gasteiger partial charge is 0.458 e. The number of hydrogen-bond acceptors (Lipinski definition) is 5. The molecule has 22 heavy (non-hydrogen) atoms. The number of hydrogen-bond donors (Lipinski definition) is 2. The van der Waals surface area contributed by atoms with Crippen molar-refractivity contribution in [1.82, 2.24) is 5.32 Å². The third-order valence-electron chi connectivity index (χ3n) is 2.43. The molecule has 0 aliphatic carbocycles. The number of halogens is 1. The molecule has 1 aromatic carbocycles. The maximum atomic E-state index is 11.8. The summed E-state index contributed by atoms with van der Waals surface area (Å²) in [7, 11) is 0. The summed E-state index contributed by atoms with van der Waals surface area (Å²) in [5, 5.41) is 2.40. The van der Waals surface area contributed by atoms with Gasteiger partial charge in [-0.05, 0) is 26.3 Å². The van der Waals surface area contributed by atoms with Crippen molar-refractivity contribution in [2.45, 2.75) is 39.0 Å². The number of rotatable bonds is 5. The number of benzene rings is 1. The molecule has 124 valence electrons. The number of carbonyl (C=O) groups is 2. The zero-order valence-electron chi connectivity index (χ0n) is 13.0. The van der Waals surface area contributed by atoms with E-state index in [1.54, 1.807) is 20.8 Å². The number of nitrogens with one attached hydrogen (secondary N) is 1. The van der Waals surface area contributed by atoms with Gasteiger partial charge in [-0.15, -0.1) is 12.4 Å². The Bertz CT molecular complexity index is 474. The molecule has 1 amide bonds. The third kappa shape index (κ3) is 7.85. The van der Waals surface area contributed by atoms with Crippen LogP contribution < -0.4 is 11.1 Å². The lowest BCUT2D eigenvalue weighted by Crippen LogP contribution is -2.48. The van der Waals surface area contributed by atoms with E-state index in [0.717, 1.165) is 5.56 Å². The van der Waals surface area contributed by atoms with E-state index < -0.39 is 23.7 Å². The first kappa shape index (κ1) is 20.2. The monoisotopic (exact) mass is 330 g/mol. The van der Waals surface area contributed by atoms with Gasteiger partial charge in [0.05, 0.1) is 0 Å². The van der Waals surface area contributed by atoms with Crippen LogP contribution in [0.1, 0.15) is 26.3 Å². The number of esters is 1. The highest BCUT2D eigenvalue weighted by Gasteiger charge is 2.25. The minimum Gasteiger partial charge on any atom is -0.458 e. The van der Waals surface area contributed by atoms with Crippen molar-refractivity contribution in [2.75, 3.05) is 6.54 Å². The van der Waals surface area contributed by atoms with Crippen molar-refractivity contribution in [3.63, 3.8) is 0 Å². The van der Waals surface area contributed by atoms with Gasteiger partial charge in [-0.25, -0.2) is 9.59 Å². The lowest BCUT2D eigenvalue weighted by molar-refractivity contribution is -0.157. The molecule has 0 saturated heterocycles. The molecule has 0 bridgehead atoms. The summed E-state index contributed by atoms with van der Waals surface area (Å²) in [6, 6.07) is 8.31. The Morgan fingerprint density at radius 1 is 1.23 bits per heavy atom. The van der Waals surface area contributed by atoms with Crippen molar-refractivity contribution in [1.29, 1.82) is 0 Å². The summed E-state index contributed by atoms with van der Waals surface area (Å²) < 4.78 is 10.2. The fourth-order valence-electron chi connectivity index (χ4n) is 1.49. The first-order chi connectivity index (χ1) is 9.81. The normalized spacial score (nSPS) is 11.8. The number of carbonyl (C=O) groups excluding carboxylic acids is 2. The number of nitrogens with two attached hydrogens (primary N) is 1. The van der Waals surface area contributed by atoms with Crippen molar-refractivity contribution in [2.24, 2.45) is 5.73 Å². The van der Waals surface area contributed by atoms with E-state index in [1.807, 2.05) is 30.3 Å². The SMILES string of the molecule is CC(C)(C)OC(=O)[C@@H](CN)NC(=O)OCc1ccccc1.Cl. The van der Waals surface area contributed by atoms with E-state index in [0.29, 0.717) is 0 Å². The summed E-state index contributed by atoms with van der Waals surface area (Å²) in [6.45, 7) is 5.29. The predicted molar refractivity (Wildman–Crippen MR) is 85.7 cm³/mol. The van der Waals surface area contributed by atoms with Crippen molar-refractivity contribution < 1.29 is 19.1 Å². The van der Waals surface area contributed by atoms with Gasteiger partial charge in [0.25, 0.3) is 0 Å². The Kier molecular flexibility index (Phi) is 8.52. The van der Waals surface area contributed by atoms with E-state index in [4.69, 9.17) is 15.2 Å². The van der Waals surface area contributed by atoms with Crippen molar-refractivity contribution in [3.05, 3.63) is 35.9 Å². The smallest absolute Gasteiger partial charge is 0.408 e. The van der Waals surface area contributed by atoms with Crippen molar-refractivity contribution >= 4 is 24.5 Å². The molecule has 3 N–H and O–H groups in total. The first-order valence-corrected chi connectivity index (χ1v) is 6.72. The van der Waals surface area contributed by atoms with Gasteiger partial charge in [0.1, 0.15) is 18.2 Å². The van der Waals surface area contributed by atoms with E-state index in [1.165, 1.54) is 0 Å². The zero-order valence-corrected chi connectivity index (χ0v) is 13.8. The average Bonchev–Trinajstić information content (AvgIpc) is 2.41. The quantitative estimate of drug-likeness (QED) is 0.806. The molecular weight excluding hydrogens is 308 g/mol. The van der Waals surface area contributed by atoms with E-state index in [2.05, 4.69) is 5.32 Å². The topological polar surface area (TPSA) is 90.6 Å². The molecule has 0 heterocycles. The standard InChI is InChI=1S/C15H22N2O4.ClH/c1-15(2,3)21-13(18)12(9-16)17-14(19)20-10-11-7-5-4-6-8-11;/h4-8,12H,9-10,16H2,1-3H3,(H,17,19);1H/t12-;/m1./s1. The molecule has 6 nitrogen and oxygen atoms in total. The van der Waals surface area contributed by atoms with Gasteiger partial charge in [-0.2, -0.15) is 0 Å². The molecule has 1 atom stereocenters. The molecule has 1 rings (SSSR count). The fraction of sp³-hybridized carbons (Fsp3) is 0.467. The molecule has 0 unspecified atom stereocenters. The lowest BCUT2D eigenvalue weighted by atomic mass is 10.2. The molecular formula is C15H23ClN2O4. The maximum absolute atomic E-state index is 11.8. The van der Waals surface area contributed by atoms with Crippen LogP contribution in [0.4, 0.5) is 4.79 Å². The number of ether oxygens (including phenoxy) is 2. The Morgan fingerprint density at radius 2 is 1.82 bits per heavy atom. The predicted octanol–water partition coefficient (Wildman–Crippen LogP) is 2.00. The van der Waals surface area contributed by atoms with E-state index in [-0.39, 0.29) is 25.6 Å². The summed E-state index contributed by atoms with van der Waals surface area (Å²) in [5.74, 6) is -0.582. The Balaban J connectivity index is 0.00000441. The Morgan fingerprint density at radius 3 is 2.32 bits per heavy atom. The summed E-state index contributed by atoms with van der Waals surface area (Å²) in [4.78, 5) is 23.5. The molecule has 1 aromatic rings. The van der Waals surface area contributed by atoms with Gasteiger partial charge in [-0.1, -0.05) is 30.3 Å². The van der Waals surface area contributed by atoms with Gasteiger partial charge in [-0.3, -0.25) is 0 Å². The Labute approximate surface area is 136 Å². The van der Waals surface area contributed by atoms with Crippen LogP contribution in [0.15, 0.2) is 30.3 Å². The van der Waals surface area contributed by atoms with Gasteiger partial charge >= 0.3 is 12.1 Å². The van der Waals surface area contributed by atoms with Crippen LogP contribution in [-0.4, -0.2) is 30.3 Å². The highest BCUT2D eigenvalue weighted by molar-refractivity contribution is 5.85. The van der Waals surface area contributed by atoms with Gasteiger partial charge < -0.3 is 20.5 Å². The van der Waals surface area contributed by atoms with Gasteiger partial charge in [0.2, 0.25) is 0 Å². The van der Waals surface area contributed by atoms with E-state index in [9.17, 15) is 9.59 Å². The third-order valence-corrected chi connectivity index (χ3v) is 2.43. The number of alkyl carbamates (subject to hydrolysis) is 1. The molecule has 0 aliphatic rings. The molecule has 0 saturated carbocycles. The fourth-order valence-corrected chi connectivity index (χ4v) is 1.49. The highest BCUT2D eigenvalue weighted by Crippen LogP contribution is 2.08. The lowest BCUT2D eigenvalue weighted by Gasteiger charge is -2.23. The minimum absolute atomic E-state index is 0. The minimum atomic E-state index is -0.924. The van der Waals surface area contributed by atoms with Crippen LogP contribution in [0, 0.1) is 0 Å². The van der Waals surface area contributed by atoms with Crippen LogP contribution in [0.5, 0.6) is 0 Å².